The van der Waals surface area contributed by atoms with Crippen molar-refractivity contribution in [3.05, 3.63) is 83.3 Å². The van der Waals surface area contributed by atoms with Crippen LogP contribution < -0.4 is 15.1 Å². The average Bonchev–Trinajstić information content (AvgIpc) is 3.60. The predicted octanol–water partition coefficient (Wildman–Crippen LogP) is 5.89. The maximum Gasteiger partial charge on any atom is 0.490 e. The quantitative estimate of drug-likeness (QED) is 0.130. The fourth-order valence-corrected chi connectivity index (χ4v) is 6.76. The molecule has 316 valence electrons. The van der Waals surface area contributed by atoms with Gasteiger partial charge in [-0.05, 0) is 67.9 Å². The van der Waals surface area contributed by atoms with Crippen LogP contribution >= 0.6 is 11.6 Å². The van der Waals surface area contributed by atoms with Crippen molar-refractivity contribution in [1.29, 1.82) is 0 Å². The summed E-state index contributed by atoms with van der Waals surface area (Å²) in [5, 5.41) is 18.9. The summed E-state index contributed by atoms with van der Waals surface area (Å²) in [6.07, 6.45) is 1.15. The molecule has 4 N–H and O–H groups in total. The van der Waals surface area contributed by atoms with Crippen molar-refractivity contribution in [2.75, 3.05) is 63.2 Å². The Balaban J connectivity index is 0.000000556. The van der Waals surface area contributed by atoms with E-state index in [1.807, 2.05) is 68.5 Å². The SMILES string of the molecule is CC(c1c[nH]c2ccccc12)C(NC(=O)N1CCN(c2ncccn2)CC1)C(=O)N1C[C@@H](CN(C)C)Cc2cc(Cl)ccc21.FC(F)F.O=C(O)C(F)(F)F.O=CO. The number of halogens is 7. The summed E-state index contributed by atoms with van der Waals surface area (Å²) in [6.45, 7) is 1.73. The smallest absolute Gasteiger partial charge is 0.483 e. The number of nitrogens with one attached hydrogen (secondary N) is 2. The van der Waals surface area contributed by atoms with E-state index in [1.165, 1.54) is 0 Å². The molecule has 1 fully saturated rings. The summed E-state index contributed by atoms with van der Waals surface area (Å²) in [4.78, 5) is 65.7. The third-order valence-electron chi connectivity index (χ3n) is 8.97. The largest absolute Gasteiger partial charge is 0.490 e. The number of H-pyrrole nitrogens is 1. The van der Waals surface area contributed by atoms with Crippen LogP contribution in [0.1, 0.15) is 24.0 Å². The molecular weight excluding hydrogens is 802 g/mol. The van der Waals surface area contributed by atoms with Crippen LogP contribution in [-0.2, 0) is 20.8 Å². The van der Waals surface area contributed by atoms with Crippen LogP contribution in [0.4, 0.5) is 42.8 Å². The molecule has 2 unspecified atom stereocenters. The lowest BCUT2D eigenvalue weighted by molar-refractivity contribution is -0.192. The zero-order valence-corrected chi connectivity index (χ0v) is 32.3. The van der Waals surface area contributed by atoms with Crippen LogP contribution in [0, 0.1) is 5.92 Å². The molecule has 4 heterocycles. The van der Waals surface area contributed by atoms with E-state index < -0.39 is 24.9 Å². The minimum atomic E-state index is -5.08. The van der Waals surface area contributed by atoms with Gasteiger partial charge in [0.2, 0.25) is 11.9 Å². The van der Waals surface area contributed by atoms with Crippen molar-refractivity contribution in [2.45, 2.75) is 38.2 Å². The van der Waals surface area contributed by atoms with Gasteiger partial charge in [-0.2, -0.15) is 26.3 Å². The van der Waals surface area contributed by atoms with E-state index >= 15 is 0 Å². The second kappa shape index (κ2) is 21.8. The van der Waals surface area contributed by atoms with Gasteiger partial charge in [-0.15, -0.1) is 0 Å². The number of piperazine rings is 1. The summed E-state index contributed by atoms with van der Waals surface area (Å²) in [5.74, 6) is -2.30. The highest BCUT2D eigenvalue weighted by atomic mass is 35.5. The number of fused-ring (bicyclic) bond motifs is 2. The molecule has 0 aliphatic carbocycles. The normalized spacial score (nSPS) is 16.1. The van der Waals surface area contributed by atoms with E-state index in [4.69, 9.17) is 31.4 Å². The number of carbonyl (C=O) groups excluding carboxylic acids is 2. The summed E-state index contributed by atoms with van der Waals surface area (Å²) in [7, 11) is 4.09. The molecule has 2 aliphatic heterocycles. The molecule has 3 atom stereocenters. The number of carboxylic acids is 1. The van der Waals surface area contributed by atoms with E-state index in [0.29, 0.717) is 43.7 Å². The van der Waals surface area contributed by atoms with Gasteiger partial charge < -0.3 is 40.1 Å². The Morgan fingerprint density at radius 1 is 1.03 bits per heavy atom. The van der Waals surface area contributed by atoms with Crippen molar-refractivity contribution < 1.29 is 55.7 Å². The Morgan fingerprint density at radius 2 is 1.62 bits per heavy atom. The number of alkyl halides is 6. The molecular formula is C37H43ClF6N8O6. The number of carbonyl (C=O) groups is 4. The lowest BCUT2D eigenvalue weighted by atomic mass is 9.88. The first kappa shape index (κ1) is 46.8. The number of benzene rings is 2. The van der Waals surface area contributed by atoms with E-state index in [0.717, 1.165) is 40.7 Å². The van der Waals surface area contributed by atoms with Gasteiger partial charge in [0.25, 0.3) is 6.47 Å². The van der Waals surface area contributed by atoms with E-state index in [-0.39, 0.29) is 30.2 Å². The summed E-state index contributed by atoms with van der Waals surface area (Å²) >= 11 is 6.41. The van der Waals surface area contributed by atoms with Gasteiger partial charge in [0, 0.05) is 85.4 Å². The number of amides is 3. The van der Waals surface area contributed by atoms with Crippen molar-refractivity contribution in [3.8, 4) is 0 Å². The van der Waals surface area contributed by atoms with Crippen molar-refractivity contribution >= 4 is 58.5 Å². The maximum absolute atomic E-state index is 14.7. The Bertz CT molecular complexity index is 1950. The zero-order chi connectivity index (χ0) is 43.2. The molecule has 6 rings (SSSR count). The average molecular weight is 845 g/mol. The third-order valence-corrected chi connectivity index (χ3v) is 9.21. The van der Waals surface area contributed by atoms with Crippen LogP contribution in [-0.4, -0.2) is 132 Å². The van der Waals surface area contributed by atoms with Gasteiger partial charge >= 0.3 is 24.9 Å². The second-order valence-electron chi connectivity index (χ2n) is 13.2. The van der Waals surface area contributed by atoms with E-state index in [1.54, 1.807) is 23.4 Å². The number of aliphatic carboxylic acids is 1. The Hall–Kier alpha value is -5.63. The number of anilines is 2. The van der Waals surface area contributed by atoms with Crippen LogP contribution in [0.3, 0.4) is 0 Å². The number of para-hydroxylation sites is 1. The van der Waals surface area contributed by atoms with Gasteiger partial charge in [0.05, 0.1) is 0 Å². The highest BCUT2D eigenvalue weighted by Gasteiger charge is 2.39. The summed E-state index contributed by atoms with van der Waals surface area (Å²) < 4.78 is 60.7. The molecule has 21 heteroatoms. The highest BCUT2D eigenvalue weighted by Crippen LogP contribution is 2.35. The minimum Gasteiger partial charge on any atom is -0.483 e. The van der Waals surface area contributed by atoms with Gasteiger partial charge in [0.15, 0.2) is 0 Å². The zero-order valence-electron chi connectivity index (χ0n) is 31.5. The maximum atomic E-state index is 14.7. The van der Waals surface area contributed by atoms with E-state index in [9.17, 15) is 35.9 Å². The molecule has 0 bridgehead atoms. The van der Waals surface area contributed by atoms with Crippen LogP contribution in [0.15, 0.2) is 67.1 Å². The molecule has 2 aliphatic rings. The minimum absolute atomic E-state index is 0.125. The van der Waals surface area contributed by atoms with Gasteiger partial charge in [-0.25, -0.2) is 19.6 Å². The number of nitrogens with zero attached hydrogens (tertiary/aromatic N) is 6. The van der Waals surface area contributed by atoms with Crippen molar-refractivity contribution in [3.63, 3.8) is 0 Å². The van der Waals surface area contributed by atoms with Gasteiger partial charge in [0.1, 0.15) is 6.04 Å². The fourth-order valence-electron chi connectivity index (χ4n) is 6.57. The van der Waals surface area contributed by atoms with Crippen LogP contribution in [0.2, 0.25) is 5.02 Å². The highest BCUT2D eigenvalue weighted by molar-refractivity contribution is 6.30. The van der Waals surface area contributed by atoms with Crippen molar-refractivity contribution in [2.24, 2.45) is 5.92 Å². The number of rotatable bonds is 7. The molecule has 4 aromatic rings. The first-order valence-electron chi connectivity index (χ1n) is 17.6. The number of aromatic amines is 1. The fraction of sp³-hybridized carbons (Fsp3) is 0.405. The molecule has 0 spiro atoms. The number of aromatic nitrogens is 3. The molecule has 0 radical (unpaired) electrons. The molecule has 1 saturated heterocycles. The first-order valence-corrected chi connectivity index (χ1v) is 17.9. The topological polar surface area (TPSA) is 175 Å². The molecule has 58 heavy (non-hydrogen) atoms. The van der Waals surface area contributed by atoms with Crippen LogP contribution in [0.25, 0.3) is 10.9 Å². The third kappa shape index (κ3) is 13.5. The molecule has 14 nitrogen and oxygen atoms in total. The Labute approximate surface area is 334 Å². The predicted molar refractivity (Wildman–Crippen MR) is 204 cm³/mol. The number of hydrogen-bond acceptors (Lipinski definition) is 8. The van der Waals surface area contributed by atoms with Gasteiger partial charge in [-0.1, -0.05) is 36.7 Å². The first-order chi connectivity index (χ1) is 27.4. The molecule has 0 saturated carbocycles. The lowest BCUT2D eigenvalue weighted by Gasteiger charge is -2.40. The lowest BCUT2D eigenvalue weighted by Crippen LogP contribution is -2.58. The number of carboxylic acid groups (broad SMARTS) is 2. The molecule has 2 aromatic heterocycles. The Morgan fingerprint density at radius 3 is 2.19 bits per heavy atom. The van der Waals surface area contributed by atoms with Gasteiger partial charge in [-0.3, -0.25) is 9.59 Å². The molecule has 3 amide bonds. The van der Waals surface area contributed by atoms with Crippen molar-refractivity contribution in [1.82, 2.24) is 30.1 Å². The monoisotopic (exact) mass is 844 g/mol. The van der Waals surface area contributed by atoms with Crippen LogP contribution in [0.5, 0.6) is 0 Å². The second-order valence-corrected chi connectivity index (χ2v) is 13.7. The number of hydrogen-bond donors (Lipinski definition) is 4. The summed E-state index contributed by atoms with van der Waals surface area (Å²) in [6, 6.07) is 14.5. The Kier molecular flexibility index (Phi) is 17.5. The molecule has 2 aromatic carbocycles. The number of urea groups is 1. The summed E-state index contributed by atoms with van der Waals surface area (Å²) in [5.41, 5.74) is 3.89. The standard InChI is InChI=1S/C33H39ClN8O2.C2HF3O2.CHF3.CH2O2/c1-22(27-19-37-28-8-5-4-7-26(27)28)30(38-33(44)41-15-13-40(14-16-41)32-35-11-6-12-36-32)31(43)42-21-23(20-39(2)3)17-24-18-25(34)9-10-29(24)42;3-2(4,5)1(6)7;2-1(3)4;2-1-3/h4-12,18-19,22-23,30,37H,13-17,20-21H2,1-3H3,(H,38,44);(H,6,7);1H;1H,(H,2,3)/t22?,23-,30?;;;/m1.../s1. The van der Waals surface area contributed by atoms with E-state index in [2.05, 4.69) is 36.1 Å².